The van der Waals surface area contributed by atoms with Crippen molar-refractivity contribution in [2.45, 2.75) is 44.6 Å². The third-order valence-corrected chi connectivity index (χ3v) is 4.74. The fraction of sp³-hybridized carbons (Fsp3) is 0.647. The number of benzene rings is 1. The maximum Gasteiger partial charge on any atom is 0.0345 e. The lowest BCUT2D eigenvalue weighted by molar-refractivity contribution is 0.133. The topological polar surface area (TPSA) is 15.3 Å². The van der Waals surface area contributed by atoms with Gasteiger partial charge in [-0.2, -0.15) is 0 Å². The molecule has 1 aromatic rings. The summed E-state index contributed by atoms with van der Waals surface area (Å²) in [5.74, 6) is 0.761. The van der Waals surface area contributed by atoms with Crippen LogP contribution >= 0.6 is 0 Å². The molecular weight excluding hydrogens is 232 g/mol. The molecule has 0 spiro atoms. The number of hydrogen-bond acceptors (Lipinski definition) is 2. The number of nitrogens with one attached hydrogen (secondary N) is 1. The minimum atomic E-state index is 0.761. The van der Waals surface area contributed by atoms with E-state index in [2.05, 4.69) is 41.4 Å². The molecule has 2 aliphatic rings. The Labute approximate surface area is 117 Å². The third-order valence-electron chi connectivity index (χ3n) is 4.74. The lowest BCUT2D eigenvalue weighted by Gasteiger charge is -2.41. The average molecular weight is 258 g/mol. The van der Waals surface area contributed by atoms with E-state index in [1.54, 1.807) is 11.1 Å². The van der Waals surface area contributed by atoms with Crippen LogP contribution in [0.15, 0.2) is 24.3 Å². The Hall–Kier alpha value is -0.860. The van der Waals surface area contributed by atoms with E-state index < -0.39 is 0 Å². The SMILES string of the molecule is CCCN(CC1CCCc2ccccc21)C1CNC1. The number of aryl methyl sites for hydroxylation is 1. The molecule has 1 aromatic carbocycles. The molecule has 1 aliphatic heterocycles. The van der Waals surface area contributed by atoms with Gasteiger partial charge in [0.1, 0.15) is 0 Å². The molecule has 1 fully saturated rings. The van der Waals surface area contributed by atoms with Crippen molar-refractivity contribution < 1.29 is 0 Å². The number of nitrogens with zero attached hydrogens (tertiary/aromatic N) is 1. The van der Waals surface area contributed by atoms with Crippen molar-refractivity contribution in [2.75, 3.05) is 26.2 Å². The molecule has 1 aliphatic carbocycles. The first-order valence-electron chi connectivity index (χ1n) is 7.91. The van der Waals surface area contributed by atoms with Crippen molar-refractivity contribution in [2.24, 2.45) is 0 Å². The zero-order chi connectivity index (χ0) is 13.1. The summed E-state index contributed by atoms with van der Waals surface area (Å²) in [6.45, 7) is 7.19. The predicted octanol–water partition coefficient (Wildman–Crippen LogP) is 2.79. The van der Waals surface area contributed by atoms with Crippen LogP contribution in [0.1, 0.15) is 43.2 Å². The molecule has 0 radical (unpaired) electrons. The van der Waals surface area contributed by atoms with Gasteiger partial charge in [-0.15, -0.1) is 0 Å². The molecule has 1 unspecified atom stereocenters. The molecule has 3 rings (SSSR count). The molecule has 2 nitrogen and oxygen atoms in total. The zero-order valence-corrected chi connectivity index (χ0v) is 12.1. The normalized spacial score (nSPS) is 23.2. The van der Waals surface area contributed by atoms with Gasteiger partial charge < -0.3 is 5.32 Å². The van der Waals surface area contributed by atoms with Crippen LogP contribution in [0.5, 0.6) is 0 Å². The minimum Gasteiger partial charge on any atom is -0.314 e. The molecule has 1 saturated heterocycles. The first kappa shape index (κ1) is 13.1. The lowest BCUT2D eigenvalue weighted by atomic mass is 9.82. The van der Waals surface area contributed by atoms with Crippen LogP contribution in [0.25, 0.3) is 0 Å². The number of rotatable bonds is 5. The Kier molecular flexibility index (Phi) is 4.19. The monoisotopic (exact) mass is 258 g/mol. The van der Waals surface area contributed by atoms with E-state index in [0.717, 1.165) is 12.0 Å². The van der Waals surface area contributed by atoms with Gasteiger partial charge in [-0.05, 0) is 49.3 Å². The molecule has 1 N–H and O–H groups in total. The molecule has 19 heavy (non-hydrogen) atoms. The van der Waals surface area contributed by atoms with Crippen molar-refractivity contribution in [3.8, 4) is 0 Å². The highest BCUT2D eigenvalue weighted by atomic mass is 15.2. The maximum absolute atomic E-state index is 3.41. The summed E-state index contributed by atoms with van der Waals surface area (Å²) in [5, 5.41) is 3.41. The van der Waals surface area contributed by atoms with Gasteiger partial charge in [0.15, 0.2) is 0 Å². The van der Waals surface area contributed by atoms with Crippen molar-refractivity contribution in [1.82, 2.24) is 10.2 Å². The summed E-state index contributed by atoms with van der Waals surface area (Å²) in [5.41, 5.74) is 3.23. The molecule has 1 heterocycles. The Morgan fingerprint density at radius 1 is 1.26 bits per heavy atom. The maximum atomic E-state index is 3.41. The van der Waals surface area contributed by atoms with Crippen LogP contribution in [0.2, 0.25) is 0 Å². The third kappa shape index (κ3) is 2.85. The van der Waals surface area contributed by atoms with Crippen LogP contribution in [0.3, 0.4) is 0 Å². The standard InChI is InChI=1S/C17H26N2/c1-2-10-19(16-11-18-12-16)13-15-8-5-7-14-6-3-4-9-17(14)15/h3-4,6,9,15-16,18H,2,5,7-8,10-13H2,1H3. The zero-order valence-electron chi connectivity index (χ0n) is 12.1. The van der Waals surface area contributed by atoms with E-state index in [4.69, 9.17) is 0 Å². The first-order chi connectivity index (χ1) is 9.38. The van der Waals surface area contributed by atoms with Gasteiger partial charge >= 0.3 is 0 Å². The Morgan fingerprint density at radius 3 is 2.84 bits per heavy atom. The molecular formula is C17H26N2. The average Bonchev–Trinajstić information content (AvgIpc) is 2.37. The van der Waals surface area contributed by atoms with Crippen LogP contribution < -0.4 is 5.32 Å². The Morgan fingerprint density at radius 2 is 2.11 bits per heavy atom. The van der Waals surface area contributed by atoms with E-state index >= 15 is 0 Å². The molecule has 0 saturated carbocycles. The van der Waals surface area contributed by atoms with Crippen LogP contribution in [0, 0.1) is 0 Å². The van der Waals surface area contributed by atoms with E-state index in [0.29, 0.717) is 0 Å². The smallest absolute Gasteiger partial charge is 0.0345 e. The number of fused-ring (bicyclic) bond motifs is 1. The van der Waals surface area contributed by atoms with Crippen LogP contribution in [-0.4, -0.2) is 37.1 Å². The summed E-state index contributed by atoms with van der Waals surface area (Å²) in [4.78, 5) is 2.73. The summed E-state index contributed by atoms with van der Waals surface area (Å²) >= 11 is 0. The van der Waals surface area contributed by atoms with Gasteiger partial charge in [-0.1, -0.05) is 31.2 Å². The van der Waals surface area contributed by atoms with Gasteiger partial charge in [0.05, 0.1) is 0 Å². The van der Waals surface area contributed by atoms with E-state index in [1.807, 2.05) is 0 Å². The summed E-state index contributed by atoms with van der Waals surface area (Å²) < 4.78 is 0. The molecule has 0 aromatic heterocycles. The van der Waals surface area contributed by atoms with Gasteiger partial charge in [0.2, 0.25) is 0 Å². The fourth-order valence-corrected chi connectivity index (χ4v) is 3.57. The van der Waals surface area contributed by atoms with Gasteiger partial charge in [-0.3, -0.25) is 4.90 Å². The quantitative estimate of drug-likeness (QED) is 0.873. The van der Waals surface area contributed by atoms with Crippen molar-refractivity contribution in [3.63, 3.8) is 0 Å². The van der Waals surface area contributed by atoms with E-state index in [1.165, 1.54) is 51.9 Å². The van der Waals surface area contributed by atoms with E-state index in [9.17, 15) is 0 Å². The molecule has 1 atom stereocenters. The lowest BCUT2D eigenvalue weighted by Crippen LogP contribution is -2.58. The van der Waals surface area contributed by atoms with Crippen molar-refractivity contribution >= 4 is 0 Å². The highest BCUT2D eigenvalue weighted by Crippen LogP contribution is 2.32. The summed E-state index contributed by atoms with van der Waals surface area (Å²) in [7, 11) is 0. The van der Waals surface area contributed by atoms with Crippen LogP contribution in [0.4, 0.5) is 0 Å². The fourth-order valence-electron chi connectivity index (χ4n) is 3.57. The summed E-state index contributed by atoms with van der Waals surface area (Å²) in [6.07, 6.45) is 5.29. The predicted molar refractivity (Wildman–Crippen MR) is 80.6 cm³/mol. The van der Waals surface area contributed by atoms with Crippen molar-refractivity contribution in [1.29, 1.82) is 0 Å². The van der Waals surface area contributed by atoms with Gasteiger partial charge in [-0.25, -0.2) is 0 Å². The second-order valence-electron chi connectivity index (χ2n) is 6.09. The highest BCUT2D eigenvalue weighted by Gasteiger charge is 2.28. The minimum absolute atomic E-state index is 0.761. The van der Waals surface area contributed by atoms with Crippen molar-refractivity contribution in [3.05, 3.63) is 35.4 Å². The second kappa shape index (κ2) is 6.06. The van der Waals surface area contributed by atoms with E-state index in [-0.39, 0.29) is 0 Å². The molecule has 0 bridgehead atoms. The largest absolute Gasteiger partial charge is 0.314 e. The van der Waals surface area contributed by atoms with Gasteiger partial charge in [0.25, 0.3) is 0 Å². The first-order valence-corrected chi connectivity index (χ1v) is 7.91. The molecule has 0 amide bonds. The Balaban J connectivity index is 1.71. The van der Waals surface area contributed by atoms with Crippen LogP contribution in [-0.2, 0) is 6.42 Å². The Bertz CT molecular complexity index is 411. The summed E-state index contributed by atoms with van der Waals surface area (Å²) in [6, 6.07) is 9.89. The molecule has 104 valence electrons. The highest BCUT2D eigenvalue weighted by molar-refractivity contribution is 5.32. The second-order valence-corrected chi connectivity index (χ2v) is 6.09. The van der Waals surface area contributed by atoms with Gasteiger partial charge in [0, 0.05) is 25.7 Å². The molecule has 2 heteroatoms. The number of hydrogen-bond donors (Lipinski definition) is 1.